The van der Waals surface area contributed by atoms with Crippen LogP contribution < -0.4 is 4.74 Å². The largest absolute Gasteiger partial charge is 0.422 e. The molecular formula is C29H20Cl2N2O6S. The maximum atomic E-state index is 13.7. The summed E-state index contributed by atoms with van der Waals surface area (Å²) in [7, 11) is 0. The van der Waals surface area contributed by atoms with E-state index in [0.717, 1.165) is 16.4 Å². The van der Waals surface area contributed by atoms with Gasteiger partial charge in [-0.1, -0.05) is 41.4 Å². The Labute approximate surface area is 242 Å². The van der Waals surface area contributed by atoms with Crippen molar-refractivity contribution in [1.29, 1.82) is 0 Å². The number of esters is 1. The van der Waals surface area contributed by atoms with E-state index >= 15 is 0 Å². The van der Waals surface area contributed by atoms with Crippen LogP contribution in [0.1, 0.15) is 36.8 Å². The van der Waals surface area contributed by atoms with Crippen molar-refractivity contribution in [2.24, 2.45) is 23.7 Å². The van der Waals surface area contributed by atoms with Crippen LogP contribution in [0.3, 0.4) is 0 Å². The SMILES string of the molecule is O=C(CN(C(=O)c1ccc(Cl)cc1Cl)N1C(=O)[C@@H]2[C@@H](C1=O)[C@H]1C=C[C@H]2C1)c1ccc(OC(=O)c2cccs2)cc1. The molecule has 1 saturated heterocycles. The number of fused-ring (bicyclic) bond motifs is 5. The van der Waals surface area contributed by atoms with Crippen molar-refractivity contribution in [3.8, 4) is 5.75 Å². The molecule has 2 heterocycles. The number of ketones is 1. The van der Waals surface area contributed by atoms with Gasteiger partial charge in [-0.05, 0) is 72.2 Å². The highest BCUT2D eigenvalue weighted by Crippen LogP contribution is 2.52. The highest BCUT2D eigenvalue weighted by molar-refractivity contribution is 7.12. The summed E-state index contributed by atoms with van der Waals surface area (Å²) < 4.78 is 5.34. The summed E-state index contributed by atoms with van der Waals surface area (Å²) in [5.74, 6) is -3.89. The van der Waals surface area contributed by atoms with Gasteiger partial charge in [-0.3, -0.25) is 19.2 Å². The van der Waals surface area contributed by atoms with Crippen molar-refractivity contribution >= 4 is 64.0 Å². The van der Waals surface area contributed by atoms with Crippen LogP contribution in [0.2, 0.25) is 10.0 Å². The lowest BCUT2D eigenvalue weighted by Gasteiger charge is -2.31. The highest BCUT2D eigenvalue weighted by Gasteiger charge is 2.61. The molecule has 3 aromatic rings. The highest BCUT2D eigenvalue weighted by atomic mass is 35.5. The van der Waals surface area contributed by atoms with E-state index in [1.807, 2.05) is 12.2 Å². The summed E-state index contributed by atoms with van der Waals surface area (Å²) in [5.41, 5.74) is 0.186. The van der Waals surface area contributed by atoms with Crippen molar-refractivity contribution in [3.63, 3.8) is 0 Å². The molecule has 1 aliphatic heterocycles. The third kappa shape index (κ3) is 4.54. The maximum Gasteiger partial charge on any atom is 0.353 e. The Morgan fingerprint density at radius 2 is 1.62 bits per heavy atom. The second-order valence-corrected chi connectivity index (χ2v) is 11.6. The number of nitrogens with zero attached hydrogens (tertiary/aromatic N) is 2. The van der Waals surface area contributed by atoms with Crippen LogP contribution in [0, 0.1) is 23.7 Å². The molecule has 2 aliphatic carbocycles. The van der Waals surface area contributed by atoms with Crippen LogP contribution in [-0.4, -0.2) is 46.0 Å². The lowest BCUT2D eigenvalue weighted by molar-refractivity contribution is -0.154. The van der Waals surface area contributed by atoms with E-state index in [0.29, 0.717) is 9.90 Å². The number of ether oxygens (including phenoxy) is 1. The minimum atomic E-state index is -0.779. The number of hydrazine groups is 1. The number of halogens is 2. The monoisotopic (exact) mass is 594 g/mol. The zero-order valence-corrected chi connectivity index (χ0v) is 23.0. The topological polar surface area (TPSA) is 101 Å². The van der Waals surface area contributed by atoms with E-state index in [1.54, 1.807) is 17.5 Å². The van der Waals surface area contributed by atoms with E-state index in [9.17, 15) is 24.0 Å². The van der Waals surface area contributed by atoms with Gasteiger partial charge in [0, 0.05) is 10.6 Å². The minimum absolute atomic E-state index is 0.00606. The van der Waals surface area contributed by atoms with Crippen molar-refractivity contribution in [3.05, 3.63) is 98.2 Å². The summed E-state index contributed by atoms with van der Waals surface area (Å²) >= 11 is 13.5. The van der Waals surface area contributed by atoms with Gasteiger partial charge in [0.1, 0.15) is 17.2 Å². The molecule has 0 N–H and O–H groups in total. The number of imide groups is 1. The molecule has 0 radical (unpaired) electrons. The number of hydrogen-bond acceptors (Lipinski definition) is 7. The predicted octanol–water partition coefficient (Wildman–Crippen LogP) is 5.32. The molecule has 3 aliphatic rings. The fraction of sp³-hybridized carbons (Fsp3) is 0.207. The van der Waals surface area contributed by atoms with Gasteiger partial charge in [-0.25, -0.2) is 9.80 Å². The van der Waals surface area contributed by atoms with Gasteiger partial charge in [0.2, 0.25) is 0 Å². The van der Waals surface area contributed by atoms with E-state index < -0.39 is 47.9 Å². The number of thiophene rings is 1. The van der Waals surface area contributed by atoms with Crippen molar-refractivity contribution in [1.82, 2.24) is 10.0 Å². The van der Waals surface area contributed by atoms with Crippen LogP contribution in [0.4, 0.5) is 0 Å². The zero-order valence-electron chi connectivity index (χ0n) is 20.7. The number of Topliss-reactive ketones (excluding diaryl/α,β-unsaturated/α-hetero) is 1. The molecule has 40 heavy (non-hydrogen) atoms. The van der Waals surface area contributed by atoms with Crippen molar-refractivity contribution in [2.75, 3.05) is 6.54 Å². The van der Waals surface area contributed by atoms with E-state index in [1.165, 1.54) is 53.8 Å². The molecule has 1 aromatic heterocycles. The lowest BCUT2D eigenvalue weighted by atomic mass is 9.85. The average Bonchev–Trinajstić information content (AvgIpc) is 3.73. The normalized spacial score (nSPS) is 22.5. The predicted molar refractivity (Wildman–Crippen MR) is 147 cm³/mol. The maximum absolute atomic E-state index is 13.7. The molecule has 1 saturated carbocycles. The number of allylic oxidation sites excluding steroid dienone is 2. The van der Waals surface area contributed by atoms with Crippen LogP contribution in [0.15, 0.2) is 72.1 Å². The van der Waals surface area contributed by atoms with E-state index in [4.69, 9.17) is 27.9 Å². The standard InChI is InChI=1S/C29H20Cl2N2O6S/c30-18-7-10-20(21(31)13-18)26(35)32(33-27(36)24-16-3-4-17(12-16)25(24)28(33)37)14-22(34)15-5-8-19(9-6-15)39-29(38)23-2-1-11-40-23/h1-11,13,16-17,24-25H,12,14H2/t16-,17-,24-,25-/m0/s1. The molecule has 2 bridgehead atoms. The van der Waals surface area contributed by atoms with Gasteiger partial charge in [0.25, 0.3) is 17.7 Å². The first-order valence-electron chi connectivity index (χ1n) is 12.4. The Morgan fingerprint density at radius 1 is 0.950 bits per heavy atom. The van der Waals surface area contributed by atoms with E-state index in [-0.39, 0.29) is 33.7 Å². The Kier molecular flexibility index (Phi) is 6.82. The quantitative estimate of drug-likeness (QED) is 0.121. The second-order valence-electron chi connectivity index (χ2n) is 9.79. The van der Waals surface area contributed by atoms with Gasteiger partial charge in [0.05, 0.1) is 22.4 Å². The van der Waals surface area contributed by atoms with Gasteiger partial charge >= 0.3 is 5.97 Å². The first-order valence-corrected chi connectivity index (χ1v) is 14.1. The Balaban J connectivity index is 1.27. The number of carbonyl (C=O) groups is 5. The van der Waals surface area contributed by atoms with E-state index in [2.05, 4.69) is 0 Å². The van der Waals surface area contributed by atoms with Gasteiger partial charge < -0.3 is 4.74 Å². The number of rotatable bonds is 7. The molecule has 0 unspecified atom stereocenters. The Morgan fingerprint density at radius 3 is 2.23 bits per heavy atom. The van der Waals surface area contributed by atoms with Gasteiger partial charge in [-0.2, -0.15) is 5.01 Å². The van der Waals surface area contributed by atoms with Crippen molar-refractivity contribution < 1.29 is 28.7 Å². The average molecular weight is 595 g/mol. The van der Waals surface area contributed by atoms with Crippen LogP contribution in [-0.2, 0) is 9.59 Å². The molecular weight excluding hydrogens is 575 g/mol. The lowest BCUT2D eigenvalue weighted by Crippen LogP contribution is -2.52. The number of benzene rings is 2. The van der Waals surface area contributed by atoms with Crippen LogP contribution >= 0.6 is 34.5 Å². The first kappa shape index (κ1) is 26.4. The number of hydrogen-bond donors (Lipinski definition) is 0. The number of carbonyl (C=O) groups excluding carboxylic acids is 5. The molecule has 0 spiro atoms. The minimum Gasteiger partial charge on any atom is -0.422 e. The summed E-state index contributed by atoms with van der Waals surface area (Å²) in [6, 6.07) is 13.4. The molecule has 2 fully saturated rings. The molecule has 202 valence electrons. The molecule has 8 nitrogen and oxygen atoms in total. The zero-order chi connectivity index (χ0) is 28.1. The molecule has 2 aromatic carbocycles. The molecule has 6 rings (SSSR count). The third-order valence-corrected chi connectivity index (χ3v) is 8.88. The third-order valence-electron chi connectivity index (χ3n) is 7.49. The summed E-state index contributed by atoms with van der Waals surface area (Å²) in [5, 5.41) is 3.78. The van der Waals surface area contributed by atoms with Gasteiger partial charge in [-0.15, -0.1) is 11.3 Å². The molecule has 4 atom stereocenters. The fourth-order valence-corrected chi connectivity index (χ4v) is 6.74. The van der Waals surface area contributed by atoms with Crippen molar-refractivity contribution in [2.45, 2.75) is 6.42 Å². The fourth-order valence-electron chi connectivity index (χ4n) is 5.65. The Bertz CT molecular complexity index is 1560. The first-order chi connectivity index (χ1) is 19.2. The second kappa shape index (κ2) is 10.3. The summed E-state index contributed by atoms with van der Waals surface area (Å²) in [6.07, 6.45) is 4.61. The summed E-state index contributed by atoms with van der Waals surface area (Å²) in [4.78, 5) is 66.8. The molecule has 11 heteroatoms. The molecule has 3 amide bonds. The summed E-state index contributed by atoms with van der Waals surface area (Å²) in [6.45, 7) is -0.591. The number of amides is 3. The van der Waals surface area contributed by atoms with Crippen LogP contribution in [0.5, 0.6) is 5.75 Å². The Hall–Kier alpha value is -3.79. The smallest absolute Gasteiger partial charge is 0.353 e. The van der Waals surface area contributed by atoms with Gasteiger partial charge in [0.15, 0.2) is 5.78 Å². The van der Waals surface area contributed by atoms with Crippen LogP contribution in [0.25, 0.3) is 0 Å².